The standard InChI is InChI=1S/C29H50N2O8/c1-22(2,3)21(33)39-31-25(8,9)14-29(15-26(31,10)11)36-18-27(19-37-29)16-34-28(35-17-27)12-23(4,5)30(38-20-32)24(6,7)13-28/h20H,12-19H2,1-11H3. The third kappa shape index (κ3) is 5.75. The molecule has 10 nitrogen and oxygen atoms in total. The molecule has 0 radical (unpaired) electrons. The van der Waals surface area contributed by atoms with E-state index in [1.807, 2.05) is 53.5 Å². The summed E-state index contributed by atoms with van der Waals surface area (Å²) in [5.74, 6) is -1.83. The molecule has 0 aromatic rings. The van der Waals surface area contributed by atoms with Gasteiger partial charge in [0.05, 0.1) is 59.4 Å². The van der Waals surface area contributed by atoms with Crippen molar-refractivity contribution in [3.8, 4) is 0 Å². The summed E-state index contributed by atoms with van der Waals surface area (Å²) in [6, 6.07) is 0. The van der Waals surface area contributed by atoms with E-state index in [0.29, 0.717) is 58.6 Å². The lowest BCUT2D eigenvalue weighted by Crippen LogP contribution is -2.71. The van der Waals surface area contributed by atoms with Gasteiger partial charge in [-0.1, -0.05) is 0 Å². The van der Waals surface area contributed by atoms with Gasteiger partial charge in [-0.25, -0.2) is 4.79 Å². The number of nitrogens with zero attached hydrogens (tertiary/aromatic N) is 2. The van der Waals surface area contributed by atoms with Gasteiger partial charge in [0.25, 0.3) is 0 Å². The predicted molar refractivity (Wildman–Crippen MR) is 143 cm³/mol. The summed E-state index contributed by atoms with van der Waals surface area (Å²) in [6.45, 7) is 24.2. The van der Waals surface area contributed by atoms with E-state index in [2.05, 4.69) is 27.7 Å². The first-order valence-corrected chi connectivity index (χ1v) is 14.1. The number of carbonyl (C=O) groups is 2. The molecule has 0 unspecified atom stereocenters. The van der Waals surface area contributed by atoms with Gasteiger partial charge in [0.15, 0.2) is 11.6 Å². The Morgan fingerprint density at radius 2 is 1.00 bits per heavy atom. The van der Waals surface area contributed by atoms with Crippen molar-refractivity contribution in [1.82, 2.24) is 10.1 Å². The van der Waals surface area contributed by atoms with Crippen LogP contribution in [0.25, 0.3) is 0 Å². The van der Waals surface area contributed by atoms with E-state index in [-0.39, 0.29) is 5.97 Å². The van der Waals surface area contributed by atoms with Crippen molar-refractivity contribution < 1.29 is 38.2 Å². The van der Waals surface area contributed by atoms with E-state index in [0.717, 1.165) is 0 Å². The average Bonchev–Trinajstić information content (AvgIpc) is 2.76. The van der Waals surface area contributed by atoms with Crippen LogP contribution >= 0.6 is 0 Å². The Morgan fingerprint density at radius 3 is 1.31 bits per heavy atom. The smallest absolute Gasteiger partial charge is 0.330 e. The molecule has 0 saturated carbocycles. The van der Waals surface area contributed by atoms with E-state index >= 15 is 0 Å². The molecule has 3 spiro atoms. The molecule has 4 aliphatic heterocycles. The minimum absolute atomic E-state index is 0.260. The number of carbonyl (C=O) groups excluding carboxylic acids is 2. The Kier molecular flexibility index (Phi) is 7.36. The quantitative estimate of drug-likeness (QED) is 0.468. The fourth-order valence-electron chi connectivity index (χ4n) is 7.36. The van der Waals surface area contributed by atoms with E-state index < -0.39 is 44.6 Å². The minimum Gasteiger partial charge on any atom is -0.370 e. The van der Waals surface area contributed by atoms with Gasteiger partial charge in [0.1, 0.15) is 0 Å². The van der Waals surface area contributed by atoms with E-state index in [4.69, 9.17) is 28.6 Å². The summed E-state index contributed by atoms with van der Waals surface area (Å²) in [6.07, 6.45) is 2.23. The molecule has 0 amide bonds. The van der Waals surface area contributed by atoms with Gasteiger partial charge in [0, 0.05) is 25.7 Å². The molecule has 4 saturated heterocycles. The zero-order chi connectivity index (χ0) is 29.3. The molecule has 10 heteroatoms. The lowest BCUT2D eigenvalue weighted by Gasteiger charge is -2.61. The van der Waals surface area contributed by atoms with Gasteiger partial charge in [-0.3, -0.25) is 4.79 Å². The molecule has 0 aromatic heterocycles. The van der Waals surface area contributed by atoms with Crippen molar-refractivity contribution in [2.24, 2.45) is 10.8 Å². The highest BCUT2D eigenvalue weighted by Gasteiger charge is 2.62. The Balaban J connectivity index is 1.43. The molecule has 0 bridgehead atoms. The van der Waals surface area contributed by atoms with Gasteiger partial charge >= 0.3 is 12.4 Å². The lowest BCUT2D eigenvalue weighted by molar-refractivity contribution is -0.413. The summed E-state index contributed by atoms with van der Waals surface area (Å²) in [7, 11) is 0. The van der Waals surface area contributed by atoms with Gasteiger partial charge < -0.3 is 28.6 Å². The normalized spacial score (nSPS) is 30.6. The van der Waals surface area contributed by atoms with Crippen LogP contribution in [0.15, 0.2) is 0 Å². The van der Waals surface area contributed by atoms with Crippen LogP contribution in [0.5, 0.6) is 0 Å². The first-order valence-electron chi connectivity index (χ1n) is 14.1. The number of hydroxylamine groups is 4. The zero-order valence-electron chi connectivity index (χ0n) is 25.9. The second-order valence-corrected chi connectivity index (χ2v) is 15.9. The molecule has 0 atom stereocenters. The van der Waals surface area contributed by atoms with Crippen molar-refractivity contribution in [3.05, 3.63) is 0 Å². The maximum atomic E-state index is 12.8. The number of rotatable bonds is 3. The predicted octanol–water partition coefficient (Wildman–Crippen LogP) is 4.36. The second-order valence-electron chi connectivity index (χ2n) is 15.9. The van der Waals surface area contributed by atoms with Crippen LogP contribution in [-0.4, -0.2) is 82.7 Å². The van der Waals surface area contributed by atoms with Crippen LogP contribution in [0.3, 0.4) is 0 Å². The summed E-state index contributed by atoms with van der Waals surface area (Å²) >= 11 is 0. The highest BCUT2D eigenvalue weighted by atomic mass is 16.7. The van der Waals surface area contributed by atoms with Gasteiger partial charge in [-0.2, -0.15) is 0 Å². The molecule has 4 aliphatic rings. The van der Waals surface area contributed by atoms with Crippen LogP contribution in [0.4, 0.5) is 0 Å². The van der Waals surface area contributed by atoms with Crippen molar-refractivity contribution in [2.75, 3.05) is 26.4 Å². The number of hydrogen-bond donors (Lipinski definition) is 0. The van der Waals surface area contributed by atoms with Crippen LogP contribution < -0.4 is 0 Å². The number of hydrogen-bond acceptors (Lipinski definition) is 10. The second kappa shape index (κ2) is 9.36. The van der Waals surface area contributed by atoms with Crippen LogP contribution in [-0.2, 0) is 38.2 Å². The molecule has 0 aromatic carbocycles. The monoisotopic (exact) mass is 554 g/mol. The summed E-state index contributed by atoms with van der Waals surface area (Å²) in [5.41, 5.74) is -2.98. The zero-order valence-corrected chi connectivity index (χ0v) is 25.9. The van der Waals surface area contributed by atoms with Crippen LogP contribution in [0.2, 0.25) is 0 Å². The maximum absolute atomic E-state index is 12.8. The maximum Gasteiger partial charge on any atom is 0.330 e. The summed E-state index contributed by atoms with van der Waals surface area (Å²) in [5, 5.41) is 3.58. The van der Waals surface area contributed by atoms with Gasteiger partial charge in [-0.05, 0) is 76.2 Å². The molecule has 224 valence electrons. The van der Waals surface area contributed by atoms with Crippen LogP contribution in [0.1, 0.15) is 102 Å². The first-order chi connectivity index (χ1) is 17.6. The molecular weight excluding hydrogens is 504 g/mol. The Bertz CT molecular complexity index is 909. The largest absolute Gasteiger partial charge is 0.370 e. The summed E-state index contributed by atoms with van der Waals surface area (Å²) < 4.78 is 26.2. The number of piperidine rings is 2. The third-order valence-electron chi connectivity index (χ3n) is 8.51. The Labute approximate surface area is 233 Å². The molecule has 4 fully saturated rings. The van der Waals surface area contributed by atoms with E-state index in [1.54, 1.807) is 5.06 Å². The molecule has 0 aliphatic carbocycles. The lowest BCUT2D eigenvalue weighted by atomic mass is 9.75. The van der Waals surface area contributed by atoms with Gasteiger partial charge in [0.2, 0.25) is 0 Å². The molecule has 4 rings (SSSR count). The van der Waals surface area contributed by atoms with Crippen molar-refractivity contribution in [1.29, 1.82) is 0 Å². The fraction of sp³-hybridized carbons (Fsp3) is 0.931. The van der Waals surface area contributed by atoms with E-state index in [1.165, 1.54) is 0 Å². The highest BCUT2D eigenvalue weighted by molar-refractivity contribution is 5.75. The fourth-order valence-corrected chi connectivity index (χ4v) is 7.36. The third-order valence-corrected chi connectivity index (χ3v) is 8.51. The first kappa shape index (κ1) is 30.7. The van der Waals surface area contributed by atoms with Crippen molar-refractivity contribution in [2.45, 2.75) is 136 Å². The SMILES string of the molecule is CC(C)(C)C(=O)ON1C(C)(C)CC2(CC1(C)C)OCC1(COC3(CC(C)(C)N(OC=O)C(C)(C)C3)OC1)CO2. The molecule has 0 N–H and O–H groups in total. The Morgan fingerprint density at radius 1 is 0.667 bits per heavy atom. The topological polar surface area (TPSA) is 96.0 Å². The minimum atomic E-state index is -0.792. The number of ether oxygens (including phenoxy) is 4. The molecular formula is C29H50N2O8. The van der Waals surface area contributed by atoms with Gasteiger partial charge in [-0.15, -0.1) is 10.1 Å². The van der Waals surface area contributed by atoms with Crippen molar-refractivity contribution >= 4 is 12.4 Å². The molecule has 39 heavy (non-hydrogen) atoms. The van der Waals surface area contributed by atoms with Crippen molar-refractivity contribution in [3.63, 3.8) is 0 Å². The van der Waals surface area contributed by atoms with E-state index in [9.17, 15) is 9.59 Å². The highest BCUT2D eigenvalue weighted by Crippen LogP contribution is 2.52. The summed E-state index contributed by atoms with van der Waals surface area (Å²) in [4.78, 5) is 35.2. The Hall–Kier alpha value is -1.30. The average molecular weight is 555 g/mol. The molecule has 4 heterocycles. The van der Waals surface area contributed by atoms with Crippen LogP contribution in [0, 0.1) is 10.8 Å².